The van der Waals surface area contributed by atoms with Crippen molar-refractivity contribution in [3.8, 4) is 11.5 Å². The number of carbonyl (C=O) groups excluding carboxylic acids is 2. The quantitative estimate of drug-likeness (QED) is 0.771. The Morgan fingerprint density at radius 2 is 1.80 bits per heavy atom. The van der Waals surface area contributed by atoms with E-state index in [1.54, 1.807) is 32.0 Å². The van der Waals surface area contributed by atoms with Crippen molar-refractivity contribution in [2.24, 2.45) is 5.41 Å². The number of hydrogen-bond donors (Lipinski definition) is 1. The predicted molar refractivity (Wildman–Crippen MR) is 112 cm³/mol. The molecular weight excluding hydrogens is 432 g/mol. The number of halogens is 1. The van der Waals surface area contributed by atoms with E-state index in [4.69, 9.17) is 21.1 Å². The predicted octanol–water partition coefficient (Wildman–Crippen LogP) is 3.07. The highest BCUT2D eigenvalue weighted by atomic mass is 35.5. The molecule has 0 bridgehead atoms. The smallest absolute Gasteiger partial charge is 0.255 e. The fourth-order valence-electron chi connectivity index (χ4n) is 3.38. The monoisotopic (exact) mass is 450 g/mol. The van der Waals surface area contributed by atoms with Gasteiger partial charge in [0.05, 0.1) is 21.9 Å². The fraction of sp³-hybridized carbons (Fsp3) is 0.300. The van der Waals surface area contributed by atoms with Crippen LogP contribution in [0.4, 0.5) is 11.4 Å². The summed E-state index contributed by atoms with van der Waals surface area (Å²) in [5.74, 6) is -0.301. The van der Waals surface area contributed by atoms with E-state index in [0.29, 0.717) is 34.7 Å². The third kappa shape index (κ3) is 3.59. The van der Waals surface area contributed by atoms with Crippen LogP contribution >= 0.6 is 11.6 Å². The highest BCUT2D eigenvalue weighted by molar-refractivity contribution is 7.94. The number of benzene rings is 2. The number of sulfonamides is 1. The highest BCUT2D eigenvalue weighted by Crippen LogP contribution is 2.39. The van der Waals surface area contributed by atoms with Crippen LogP contribution in [0.3, 0.4) is 0 Å². The molecule has 2 aliphatic rings. The summed E-state index contributed by atoms with van der Waals surface area (Å²) in [4.78, 5) is 25.4. The van der Waals surface area contributed by atoms with Crippen LogP contribution in [0.1, 0.15) is 24.2 Å². The summed E-state index contributed by atoms with van der Waals surface area (Å²) in [6.45, 7) is 3.99. The fourth-order valence-corrected chi connectivity index (χ4v) is 5.74. The van der Waals surface area contributed by atoms with Crippen LogP contribution in [0.2, 0.25) is 5.02 Å². The molecule has 0 aliphatic carbocycles. The van der Waals surface area contributed by atoms with E-state index >= 15 is 0 Å². The molecule has 1 fully saturated rings. The van der Waals surface area contributed by atoms with Gasteiger partial charge in [0.2, 0.25) is 15.9 Å². The lowest BCUT2D eigenvalue weighted by atomic mass is 9.95. The lowest BCUT2D eigenvalue weighted by molar-refractivity contribution is -0.123. The van der Waals surface area contributed by atoms with Gasteiger partial charge in [0.25, 0.3) is 5.91 Å². The minimum absolute atomic E-state index is 0.0398. The van der Waals surface area contributed by atoms with Gasteiger partial charge in [-0.05, 0) is 44.2 Å². The molecule has 1 saturated heterocycles. The molecule has 10 heteroatoms. The number of anilines is 2. The van der Waals surface area contributed by atoms with Crippen LogP contribution < -0.4 is 19.1 Å². The van der Waals surface area contributed by atoms with E-state index in [1.807, 2.05) is 0 Å². The molecule has 0 atom stereocenters. The number of nitrogens with zero attached hydrogens (tertiary/aromatic N) is 1. The number of nitrogens with one attached hydrogen (secondary N) is 1. The summed E-state index contributed by atoms with van der Waals surface area (Å²) in [5.41, 5.74) is -0.489. The second kappa shape index (κ2) is 7.17. The van der Waals surface area contributed by atoms with E-state index in [0.717, 1.165) is 0 Å². The SMILES string of the molecule is CC1(C)CS(=O)(=O)N(c2cc(C(=O)Nc3ccc4c(c3)OCCO4)ccc2Cl)C1=O. The molecule has 2 aromatic carbocycles. The third-order valence-corrected chi connectivity index (χ3v) is 7.14. The number of amides is 2. The number of carbonyl (C=O) groups is 2. The molecule has 30 heavy (non-hydrogen) atoms. The molecule has 8 nitrogen and oxygen atoms in total. The van der Waals surface area contributed by atoms with Crippen LogP contribution in [-0.2, 0) is 14.8 Å². The normalized spacial score (nSPS) is 18.9. The Morgan fingerprint density at radius 3 is 2.47 bits per heavy atom. The minimum atomic E-state index is -3.89. The molecule has 0 unspecified atom stereocenters. The van der Waals surface area contributed by atoms with Crippen LogP contribution in [0, 0.1) is 5.41 Å². The summed E-state index contributed by atoms with van der Waals surface area (Å²) in [5, 5.41) is 2.78. The van der Waals surface area contributed by atoms with Crippen LogP contribution in [0.5, 0.6) is 11.5 Å². The number of rotatable bonds is 3. The van der Waals surface area contributed by atoms with Gasteiger partial charge in [-0.15, -0.1) is 0 Å². The van der Waals surface area contributed by atoms with Gasteiger partial charge in [0.15, 0.2) is 11.5 Å². The first kappa shape index (κ1) is 20.5. The van der Waals surface area contributed by atoms with Crippen molar-refractivity contribution in [3.63, 3.8) is 0 Å². The first-order valence-corrected chi connectivity index (χ1v) is 11.2. The van der Waals surface area contributed by atoms with E-state index in [1.165, 1.54) is 18.2 Å². The second-order valence-corrected chi connectivity index (χ2v) is 9.91. The molecule has 0 radical (unpaired) electrons. The average molecular weight is 451 g/mol. The van der Waals surface area contributed by atoms with Gasteiger partial charge in [0.1, 0.15) is 13.2 Å². The van der Waals surface area contributed by atoms with Crippen molar-refractivity contribution in [2.75, 3.05) is 28.6 Å². The van der Waals surface area contributed by atoms with Crippen molar-refractivity contribution in [1.29, 1.82) is 0 Å². The van der Waals surface area contributed by atoms with Crippen molar-refractivity contribution < 1.29 is 27.5 Å². The molecule has 2 amide bonds. The average Bonchev–Trinajstić information content (AvgIpc) is 2.84. The molecule has 0 spiro atoms. The topological polar surface area (TPSA) is 102 Å². The zero-order chi connectivity index (χ0) is 21.7. The Hall–Kier alpha value is -2.78. The van der Waals surface area contributed by atoms with Gasteiger partial charge < -0.3 is 14.8 Å². The van der Waals surface area contributed by atoms with Crippen LogP contribution in [-0.4, -0.2) is 39.2 Å². The van der Waals surface area contributed by atoms with Crippen molar-refractivity contribution in [1.82, 2.24) is 0 Å². The standard InChI is InChI=1S/C20H19ClN2O6S/c1-20(2)11-30(26,27)23(19(20)25)15-9-12(3-5-14(15)21)18(24)22-13-4-6-16-17(10-13)29-8-7-28-16/h3-6,9-10H,7-8,11H2,1-2H3,(H,22,24). The third-order valence-electron chi connectivity index (χ3n) is 4.81. The number of hydrogen-bond acceptors (Lipinski definition) is 6. The molecule has 2 heterocycles. The maximum Gasteiger partial charge on any atom is 0.255 e. The van der Waals surface area contributed by atoms with Gasteiger partial charge in [0, 0.05) is 17.3 Å². The second-order valence-electron chi connectivity index (χ2n) is 7.69. The zero-order valence-electron chi connectivity index (χ0n) is 16.3. The molecule has 2 aromatic rings. The number of ether oxygens (including phenoxy) is 2. The van der Waals surface area contributed by atoms with Gasteiger partial charge >= 0.3 is 0 Å². The zero-order valence-corrected chi connectivity index (χ0v) is 17.8. The maximum absolute atomic E-state index is 12.8. The molecule has 1 N–H and O–H groups in total. The molecular formula is C20H19ClN2O6S. The minimum Gasteiger partial charge on any atom is -0.486 e. The van der Waals surface area contributed by atoms with E-state index in [9.17, 15) is 18.0 Å². The highest BCUT2D eigenvalue weighted by Gasteiger charge is 2.50. The maximum atomic E-state index is 12.8. The Morgan fingerprint density at radius 1 is 1.10 bits per heavy atom. The molecule has 2 aliphatic heterocycles. The van der Waals surface area contributed by atoms with Crippen LogP contribution in [0.15, 0.2) is 36.4 Å². The van der Waals surface area contributed by atoms with Crippen molar-refractivity contribution in [3.05, 3.63) is 47.0 Å². The molecule has 4 rings (SSSR count). The van der Waals surface area contributed by atoms with Gasteiger partial charge in [-0.25, -0.2) is 12.7 Å². The Kier molecular flexibility index (Phi) is 4.90. The summed E-state index contributed by atoms with van der Waals surface area (Å²) >= 11 is 6.19. The summed E-state index contributed by atoms with van der Waals surface area (Å²) in [6.07, 6.45) is 0. The van der Waals surface area contributed by atoms with E-state index in [2.05, 4.69) is 5.32 Å². The Balaban J connectivity index is 1.63. The van der Waals surface area contributed by atoms with Crippen molar-refractivity contribution in [2.45, 2.75) is 13.8 Å². The molecule has 0 saturated carbocycles. The summed E-state index contributed by atoms with van der Waals surface area (Å²) < 4.78 is 36.8. The summed E-state index contributed by atoms with van der Waals surface area (Å²) in [6, 6.07) is 9.14. The first-order chi connectivity index (χ1) is 14.1. The van der Waals surface area contributed by atoms with Crippen molar-refractivity contribution >= 4 is 44.8 Å². The molecule has 158 valence electrons. The Labute approximate surface area is 178 Å². The Bertz CT molecular complexity index is 1160. The first-order valence-electron chi connectivity index (χ1n) is 9.16. The largest absolute Gasteiger partial charge is 0.486 e. The number of fused-ring (bicyclic) bond motifs is 1. The summed E-state index contributed by atoms with van der Waals surface area (Å²) in [7, 11) is -3.89. The van der Waals surface area contributed by atoms with Gasteiger partial charge in [-0.2, -0.15) is 0 Å². The van der Waals surface area contributed by atoms with Gasteiger partial charge in [-0.1, -0.05) is 11.6 Å². The lowest BCUT2D eigenvalue weighted by Crippen LogP contribution is -2.33. The van der Waals surface area contributed by atoms with E-state index in [-0.39, 0.29) is 22.0 Å². The lowest BCUT2D eigenvalue weighted by Gasteiger charge is -2.20. The van der Waals surface area contributed by atoms with Crippen LogP contribution in [0.25, 0.3) is 0 Å². The van der Waals surface area contributed by atoms with Gasteiger partial charge in [-0.3, -0.25) is 9.59 Å². The molecule has 0 aromatic heterocycles. The van der Waals surface area contributed by atoms with E-state index < -0.39 is 27.3 Å².